The van der Waals surface area contributed by atoms with Crippen molar-refractivity contribution in [2.24, 2.45) is 0 Å². The standard InChI is InChI=1S/C25H23N5O2S/c1-32-19-8-9-22-20(15-19)26-25(23-3-2-12-30(22)23)10-13-29(14-11-25)24(31)18-6-4-17(5-7-18)21-16-33-28-27-21/h2-9,12,15-16,26H,10-11,13-14H2,1H3. The summed E-state index contributed by atoms with van der Waals surface area (Å²) >= 11 is 1.32. The minimum atomic E-state index is -0.207. The van der Waals surface area contributed by atoms with Crippen LogP contribution in [-0.2, 0) is 5.54 Å². The number of nitrogens with one attached hydrogen (secondary N) is 1. The van der Waals surface area contributed by atoms with Crippen LogP contribution < -0.4 is 10.1 Å². The normalized spacial score (nSPS) is 16.1. The third-order valence-electron chi connectivity index (χ3n) is 6.77. The van der Waals surface area contributed by atoms with E-state index in [1.165, 1.54) is 17.2 Å². The molecular formula is C25H23N5O2S. The number of likely N-dealkylation sites (tertiary alicyclic amines) is 1. The lowest BCUT2D eigenvalue weighted by molar-refractivity contribution is 0.0676. The summed E-state index contributed by atoms with van der Waals surface area (Å²) in [5, 5.41) is 9.80. The second kappa shape index (κ2) is 7.74. The summed E-state index contributed by atoms with van der Waals surface area (Å²) in [7, 11) is 1.69. The van der Waals surface area contributed by atoms with Gasteiger partial charge in [0.25, 0.3) is 5.91 Å². The molecule has 1 N–H and O–H groups in total. The van der Waals surface area contributed by atoms with Gasteiger partial charge in [0, 0.05) is 47.6 Å². The molecule has 0 radical (unpaired) electrons. The fourth-order valence-corrected chi connectivity index (χ4v) is 5.45. The number of methoxy groups -OCH3 is 1. The van der Waals surface area contributed by atoms with Gasteiger partial charge in [0.15, 0.2) is 0 Å². The Morgan fingerprint density at radius 1 is 1.12 bits per heavy atom. The van der Waals surface area contributed by atoms with E-state index >= 15 is 0 Å². The predicted octanol–water partition coefficient (Wildman–Crippen LogP) is 4.56. The molecule has 1 amide bonds. The SMILES string of the molecule is COc1ccc2c(c1)NC1(CCN(C(=O)c3ccc(-c4csnn4)cc3)CC1)c1cccn1-2. The molecule has 2 aliphatic heterocycles. The van der Waals surface area contributed by atoms with Gasteiger partial charge in [-0.2, -0.15) is 0 Å². The van der Waals surface area contributed by atoms with Crippen LogP contribution in [0.25, 0.3) is 16.9 Å². The zero-order valence-corrected chi connectivity index (χ0v) is 19.0. The number of ether oxygens (including phenoxy) is 1. The second-order valence-corrected chi connectivity index (χ2v) is 9.12. The Balaban J connectivity index is 1.22. The molecule has 33 heavy (non-hydrogen) atoms. The first-order valence-corrected chi connectivity index (χ1v) is 11.8. The number of fused-ring (bicyclic) bond motifs is 4. The topological polar surface area (TPSA) is 72.3 Å². The molecule has 0 unspecified atom stereocenters. The second-order valence-electron chi connectivity index (χ2n) is 8.51. The van der Waals surface area contributed by atoms with Crippen molar-refractivity contribution in [2.45, 2.75) is 18.4 Å². The van der Waals surface area contributed by atoms with Crippen molar-refractivity contribution in [1.29, 1.82) is 0 Å². The van der Waals surface area contributed by atoms with Gasteiger partial charge in [0.2, 0.25) is 0 Å². The highest BCUT2D eigenvalue weighted by Crippen LogP contribution is 2.44. The molecule has 7 nitrogen and oxygen atoms in total. The van der Waals surface area contributed by atoms with Gasteiger partial charge >= 0.3 is 0 Å². The number of benzene rings is 2. The van der Waals surface area contributed by atoms with E-state index in [4.69, 9.17) is 4.74 Å². The molecule has 0 bridgehead atoms. The molecule has 2 aromatic carbocycles. The van der Waals surface area contributed by atoms with E-state index in [0.717, 1.165) is 41.2 Å². The first-order chi connectivity index (χ1) is 16.2. The molecule has 1 spiro atoms. The van der Waals surface area contributed by atoms with Gasteiger partial charge in [-0.15, -0.1) is 5.10 Å². The minimum Gasteiger partial charge on any atom is -0.497 e. The molecule has 0 atom stereocenters. The van der Waals surface area contributed by atoms with Crippen molar-refractivity contribution in [3.8, 4) is 22.7 Å². The Hall–Kier alpha value is -3.65. The van der Waals surface area contributed by atoms with Crippen LogP contribution in [0.4, 0.5) is 5.69 Å². The van der Waals surface area contributed by atoms with Crippen LogP contribution in [0.1, 0.15) is 28.9 Å². The molecule has 4 heterocycles. The average Bonchev–Trinajstić information content (AvgIpc) is 3.57. The largest absolute Gasteiger partial charge is 0.497 e. The molecule has 166 valence electrons. The molecule has 2 aromatic heterocycles. The summed E-state index contributed by atoms with van der Waals surface area (Å²) in [5.74, 6) is 0.901. The summed E-state index contributed by atoms with van der Waals surface area (Å²) in [6, 6.07) is 18.0. The number of carbonyl (C=O) groups is 1. The number of amides is 1. The fraction of sp³-hybridized carbons (Fsp3) is 0.240. The van der Waals surface area contributed by atoms with Gasteiger partial charge in [-0.1, -0.05) is 16.6 Å². The lowest BCUT2D eigenvalue weighted by atomic mass is 9.82. The van der Waals surface area contributed by atoms with Gasteiger partial charge in [-0.05, 0) is 60.8 Å². The third kappa shape index (κ3) is 3.29. The van der Waals surface area contributed by atoms with Crippen molar-refractivity contribution >= 4 is 23.1 Å². The van der Waals surface area contributed by atoms with Gasteiger partial charge in [0.1, 0.15) is 11.4 Å². The Morgan fingerprint density at radius 2 is 1.94 bits per heavy atom. The van der Waals surface area contributed by atoms with E-state index < -0.39 is 0 Å². The van der Waals surface area contributed by atoms with Crippen LogP contribution in [-0.4, -0.2) is 45.2 Å². The number of hydrogen-bond acceptors (Lipinski definition) is 6. The summed E-state index contributed by atoms with van der Waals surface area (Å²) < 4.78 is 11.6. The van der Waals surface area contributed by atoms with Gasteiger partial charge < -0.3 is 19.5 Å². The van der Waals surface area contributed by atoms with Gasteiger partial charge in [-0.25, -0.2) is 0 Å². The third-order valence-corrected chi connectivity index (χ3v) is 7.27. The van der Waals surface area contributed by atoms with E-state index in [-0.39, 0.29) is 11.4 Å². The van der Waals surface area contributed by atoms with Crippen molar-refractivity contribution < 1.29 is 9.53 Å². The Kier molecular flexibility index (Phi) is 4.69. The lowest BCUT2D eigenvalue weighted by Gasteiger charge is -2.46. The fourth-order valence-electron chi connectivity index (χ4n) is 4.98. The summed E-state index contributed by atoms with van der Waals surface area (Å²) in [6.45, 7) is 1.38. The van der Waals surface area contributed by atoms with E-state index in [1.54, 1.807) is 7.11 Å². The zero-order valence-electron chi connectivity index (χ0n) is 18.2. The van der Waals surface area contributed by atoms with Crippen molar-refractivity contribution in [1.82, 2.24) is 19.1 Å². The van der Waals surface area contributed by atoms with Crippen LogP contribution in [0.15, 0.2) is 66.2 Å². The van der Waals surface area contributed by atoms with Gasteiger partial charge in [-0.3, -0.25) is 4.79 Å². The van der Waals surface area contributed by atoms with Crippen molar-refractivity contribution in [3.63, 3.8) is 0 Å². The van der Waals surface area contributed by atoms with Crippen LogP contribution in [0.5, 0.6) is 5.75 Å². The number of rotatable bonds is 3. The van der Waals surface area contributed by atoms with Crippen LogP contribution >= 0.6 is 11.5 Å². The Labute approximate surface area is 195 Å². The minimum absolute atomic E-state index is 0.0704. The maximum atomic E-state index is 13.2. The van der Waals surface area contributed by atoms with Crippen molar-refractivity contribution in [2.75, 3.05) is 25.5 Å². The number of aromatic nitrogens is 3. The Bertz CT molecular complexity index is 1310. The Morgan fingerprint density at radius 3 is 2.67 bits per heavy atom. The zero-order chi connectivity index (χ0) is 22.4. The number of nitrogens with zero attached hydrogens (tertiary/aromatic N) is 4. The molecular weight excluding hydrogens is 434 g/mol. The summed E-state index contributed by atoms with van der Waals surface area (Å²) in [6.07, 6.45) is 3.78. The number of anilines is 1. The maximum absolute atomic E-state index is 13.2. The van der Waals surface area contributed by atoms with E-state index in [1.807, 2.05) is 40.6 Å². The molecule has 1 saturated heterocycles. The van der Waals surface area contributed by atoms with Gasteiger partial charge in [0.05, 0.1) is 24.0 Å². The van der Waals surface area contributed by atoms with E-state index in [2.05, 4.69) is 49.9 Å². The summed E-state index contributed by atoms with van der Waals surface area (Å²) in [5.41, 5.74) is 5.73. The first kappa shape index (κ1) is 20.0. The maximum Gasteiger partial charge on any atom is 0.253 e. The molecule has 8 heteroatoms. The van der Waals surface area contributed by atoms with E-state index in [0.29, 0.717) is 18.7 Å². The molecule has 4 aromatic rings. The number of carbonyl (C=O) groups excluding carboxylic acids is 1. The predicted molar refractivity (Wildman–Crippen MR) is 128 cm³/mol. The van der Waals surface area contributed by atoms with Crippen LogP contribution in [0.3, 0.4) is 0 Å². The highest BCUT2D eigenvalue weighted by atomic mass is 32.1. The molecule has 6 rings (SSSR count). The molecule has 0 saturated carbocycles. The van der Waals surface area contributed by atoms with E-state index in [9.17, 15) is 4.79 Å². The smallest absolute Gasteiger partial charge is 0.253 e. The summed E-state index contributed by atoms with van der Waals surface area (Å²) in [4.78, 5) is 15.2. The number of piperidine rings is 1. The monoisotopic (exact) mass is 457 g/mol. The highest BCUT2D eigenvalue weighted by molar-refractivity contribution is 7.03. The average molecular weight is 458 g/mol. The van der Waals surface area contributed by atoms with Crippen LogP contribution in [0.2, 0.25) is 0 Å². The molecule has 1 fully saturated rings. The molecule has 0 aliphatic carbocycles. The lowest BCUT2D eigenvalue weighted by Crippen LogP contribution is -2.51. The number of hydrogen-bond donors (Lipinski definition) is 1. The van der Waals surface area contributed by atoms with Crippen molar-refractivity contribution in [3.05, 3.63) is 77.4 Å². The quantitative estimate of drug-likeness (QED) is 0.488. The highest BCUT2D eigenvalue weighted by Gasteiger charge is 2.42. The molecule has 2 aliphatic rings. The van der Waals surface area contributed by atoms with Crippen LogP contribution in [0, 0.1) is 0 Å². The first-order valence-electron chi connectivity index (χ1n) is 11.0.